The molecule has 1 aromatic rings. The Labute approximate surface area is 107 Å². The van der Waals surface area contributed by atoms with Gasteiger partial charge in [0.1, 0.15) is 12.4 Å². The lowest BCUT2D eigenvalue weighted by Crippen LogP contribution is -2.44. The molecule has 0 bridgehead atoms. The second kappa shape index (κ2) is 5.71. The Balaban J connectivity index is 1.94. The molecule has 1 aliphatic heterocycles. The SMILES string of the molecule is Cc1cc(OCC2COCCN2)cc(C)c1Cl. The number of nitrogens with one attached hydrogen (secondary N) is 1. The Kier molecular flexibility index (Phi) is 4.26. The predicted molar refractivity (Wildman–Crippen MR) is 69.0 cm³/mol. The molecule has 4 heteroatoms. The van der Waals surface area contributed by atoms with Gasteiger partial charge in [-0.2, -0.15) is 0 Å². The molecule has 0 aliphatic carbocycles. The summed E-state index contributed by atoms with van der Waals surface area (Å²) < 4.78 is 11.1. The van der Waals surface area contributed by atoms with Gasteiger partial charge in [0.2, 0.25) is 0 Å². The van der Waals surface area contributed by atoms with Crippen molar-refractivity contribution in [3.05, 3.63) is 28.3 Å². The van der Waals surface area contributed by atoms with Crippen molar-refractivity contribution in [3.8, 4) is 5.75 Å². The summed E-state index contributed by atoms with van der Waals surface area (Å²) in [5, 5.41) is 4.17. The van der Waals surface area contributed by atoms with E-state index >= 15 is 0 Å². The van der Waals surface area contributed by atoms with E-state index < -0.39 is 0 Å². The minimum absolute atomic E-state index is 0.278. The van der Waals surface area contributed by atoms with Gasteiger partial charge >= 0.3 is 0 Å². The largest absolute Gasteiger partial charge is 0.492 e. The van der Waals surface area contributed by atoms with E-state index in [4.69, 9.17) is 21.1 Å². The van der Waals surface area contributed by atoms with Gasteiger partial charge < -0.3 is 14.8 Å². The maximum Gasteiger partial charge on any atom is 0.120 e. The summed E-state index contributed by atoms with van der Waals surface area (Å²) in [4.78, 5) is 0. The first-order valence-electron chi connectivity index (χ1n) is 5.87. The molecular weight excluding hydrogens is 238 g/mol. The Morgan fingerprint density at radius 3 is 2.71 bits per heavy atom. The second-order valence-electron chi connectivity index (χ2n) is 4.41. The molecule has 1 aliphatic rings. The summed E-state index contributed by atoms with van der Waals surface area (Å²) in [6, 6.07) is 4.22. The maximum atomic E-state index is 6.11. The van der Waals surface area contributed by atoms with Crippen LogP contribution >= 0.6 is 11.6 Å². The van der Waals surface area contributed by atoms with Crippen molar-refractivity contribution in [2.75, 3.05) is 26.4 Å². The van der Waals surface area contributed by atoms with Crippen molar-refractivity contribution >= 4 is 11.6 Å². The Bertz CT molecular complexity index is 366. The van der Waals surface area contributed by atoms with Gasteiger partial charge in [-0.3, -0.25) is 0 Å². The molecule has 0 amide bonds. The van der Waals surface area contributed by atoms with Crippen LogP contribution in [0.1, 0.15) is 11.1 Å². The van der Waals surface area contributed by atoms with Crippen molar-refractivity contribution in [1.29, 1.82) is 0 Å². The lowest BCUT2D eigenvalue weighted by Gasteiger charge is -2.24. The van der Waals surface area contributed by atoms with E-state index in [1.807, 2.05) is 26.0 Å². The van der Waals surface area contributed by atoms with Crippen LogP contribution in [-0.4, -0.2) is 32.4 Å². The molecule has 1 N–H and O–H groups in total. The van der Waals surface area contributed by atoms with Gasteiger partial charge in [0.15, 0.2) is 0 Å². The zero-order valence-corrected chi connectivity index (χ0v) is 11.0. The third kappa shape index (κ3) is 3.35. The molecule has 1 heterocycles. The summed E-state index contributed by atoms with van der Waals surface area (Å²) in [6.45, 7) is 7.00. The van der Waals surface area contributed by atoms with Crippen molar-refractivity contribution in [3.63, 3.8) is 0 Å². The van der Waals surface area contributed by atoms with Crippen LogP contribution in [0.5, 0.6) is 5.75 Å². The fourth-order valence-electron chi connectivity index (χ4n) is 1.91. The van der Waals surface area contributed by atoms with Gasteiger partial charge in [0.25, 0.3) is 0 Å². The van der Waals surface area contributed by atoms with E-state index in [1.54, 1.807) is 0 Å². The standard InChI is InChI=1S/C13H18ClNO2/c1-9-5-12(6-10(2)13(9)14)17-8-11-7-16-4-3-15-11/h5-6,11,15H,3-4,7-8H2,1-2H3. The van der Waals surface area contributed by atoms with Gasteiger partial charge in [0, 0.05) is 11.6 Å². The third-order valence-electron chi connectivity index (χ3n) is 2.86. The van der Waals surface area contributed by atoms with Crippen molar-refractivity contribution in [1.82, 2.24) is 5.32 Å². The summed E-state index contributed by atoms with van der Waals surface area (Å²) in [5.74, 6) is 0.872. The van der Waals surface area contributed by atoms with Crippen molar-refractivity contribution in [2.45, 2.75) is 19.9 Å². The van der Waals surface area contributed by atoms with E-state index in [2.05, 4.69) is 5.32 Å². The topological polar surface area (TPSA) is 30.5 Å². The maximum absolute atomic E-state index is 6.11. The second-order valence-corrected chi connectivity index (χ2v) is 4.79. The van der Waals surface area contributed by atoms with Gasteiger partial charge in [-0.05, 0) is 37.1 Å². The van der Waals surface area contributed by atoms with Crippen LogP contribution in [0.2, 0.25) is 5.02 Å². The van der Waals surface area contributed by atoms with Crippen LogP contribution in [0.25, 0.3) is 0 Å². The van der Waals surface area contributed by atoms with Crippen LogP contribution < -0.4 is 10.1 Å². The minimum Gasteiger partial charge on any atom is -0.492 e. The molecule has 17 heavy (non-hydrogen) atoms. The molecule has 0 spiro atoms. The monoisotopic (exact) mass is 255 g/mol. The van der Waals surface area contributed by atoms with Crippen LogP contribution in [0, 0.1) is 13.8 Å². The number of hydrogen-bond donors (Lipinski definition) is 1. The quantitative estimate of drug-likeness (QED) is 0.899. The number of ether oxygens (including phenoxy) is 2. The molecular formula is C13H18ClNO2. The summed E-state index contributed by atoms with van der Waals surface area (Å²) >= 11 is 6.11. The average molecular weight is 256 g/mol. The number of halogens is 1. The smallest absolute Gasteiger partial charge is 0.120 e. The number of benzene rings is 1. The molecule has 0 radical (unpaired) electrons. The Hall–Kier alpha value is -0.770. The van der Waals surface area contributed by atoms with Crippen LogP contribution in [0.4, 0.5) is 0 Å². The highest BCUT2D eigenvalue weighted by Gasteiger charge is 2.13. The first-order valence-corrected chi connectivity index (χ1v) is 6.25. The average Bonchev–Trinajstić information content (AvgIpc) is 2.34. The molecule has 94 valence electrons. The third-order valence-corrected chi connectivity index (χ3v) is 3.46. The highest BCUT2D eigenvalue weighted by Crippen LogP contribution is 2.25. The molecule has 1 aromatic carbocycles. The zero-order chi connectivity index (χ0) is 12.3. The molecule has 3 nitrogen and oxygen atoms in total. The Morgan fingerprint density at radius 1 is 1.41 bits per heavy atom. The van der Waals surface area contributed by atoms with E-state index in [9.17, 15) is 0 Å². The van der Waals surface area contributed by atoms with E-state index in [1.165, 1.54) is 0 Å². The summed E-state index contributed by atoms with van der Waals surface area (Å²) in [7, 11) is 0. The van der Waals surface area contributed by atoms with E-state index in [0.717, 1.165) is 35.1 Å². The summed E-state index contributed by atoms with van der Waals surface area (Å²) in [6.07, 6.45) is 0. The van der Waals surface area contributed by atoms with Gasteiger partial charge in [-0.25, -0.2) is 0 Å². The molecule has 1 saturated heterocycles. The van der Waals surface area contributed by atoms with Gasteiger partial charge in [-0.15, -0.1) is 0 Å². The minimum atomic E-state index is 0.278. The van der Waals surface area contributed by atoms with Crippen LogP contribution in [0.15, 0.2) is 12.1 Å². The molecule has 1 unspecified atom stereocenters. The van der Waals surface area contributed by atoms with Crippen LogP contribution in [0.3, 0.4) is 0 Å². The number of hydrogen-bond acceptors (Lipinski definition) is 3. The predicted octanol–water partition coefficient (Wildman–Crippen LogP) is 2.32. The van der Waals surface area contributed by atoms with E-state index in [-0.39, 0.29) is 6.04 Å². The molecule has 1 fully saturated rings. The molecule has 0 aromatic heterocycles. The normalized spacial score (nSPS) is 20.3. The van der Waals surface area contributed by atoms with E-state index in [0.29, 0.717) is 13.2 Å². The summed E-state index contributed by atoms with van der Waals surface area (Å²) in [5.41, 5.74) is 2.10. The van der Waals surface area contributed by atoms with Gasteiger partial charge in [-0.1, -0.05) is 11.6 Å². The first-order chi connectivity index (χ1) is 8.16. The highest BCUT2D eigenvalue weighted by atomic mass is 35.5. The molecule has 2 rings (SSSR count). The van der Waals surface area contributed by atoms with Gasteiger partial charge in [0.05, 0.1) is 19.3 Å². The fourth-order valence-corrected chi connectivity index (χ4v) is 2.02. The highest BCUT2D eigenvalue weighted by molar-refractivity contribution is 6.32. The number of morpholine rings is 1. The number of aryl methyl sites for hydroxylation is 2. The molecule has 0 saturated carbocycles. The van der Waals surface area contributed by atoms with Crippen molar-refractivity contribution in [2.24, 2.45) is 0 Å². The zero-order valence-electron chi connectivity index (χ0n) is 10.3. The molecule has 1 atom stereocenters. The lowest BCUT2D eigenvalue weighted by atomic mass is 10.1. The first kappa shape index (κ1) is 12.7. The number of rotatable bonds is 3. The van der Waals surface area contributed by atoms with Crippen molar-refractivity contribution < 1.29 is 9.47 Å². The Morgan fingerprint density at radius 2 is 2.12 bits per heavy atom. The lowest BCUT2D eigenvalue weighted by molar-refractivity contribution is 0.0592. The van der Waals surface area contributed by atoms with Crippen LogP contribution in [-0.2, 0) is 4.74 Å². The fraction of sp³-hybridized carbons (Fsp3) is 0.538.